The lowest BCUT2D eigenvalue weighted by Gasteiger charge is -2.08. The summed E-state index contributed by atoms with van der Waals surface area (Å²) in [6.45, 7) is 2.68. The Morgan fingerprint density at radius 3 is 1.12 bits per heavy atom. The van der Waals surface area contributed by atoms with Crippen LogP contribution in [0.2, 0.25) is 0 Å². The number of nitrogens with zero attached hydrogens (tertiary/aromatic N) is 2. The van der Waals surface area contributed by atoms with Gasteiger partial charge >= 0.3 is 0 Å². The summed E-state index contributed by atoms with van der Waals surface area (Å²) in [5, 5.41) is 5.08. The van der Waals surface area contributed by atoms with Gasteiger partial charge in [0.15, 0.2) is 0 Å². The van der Waals surface area contributed by atoms with Crippen molar-refractivity contribution in [3.05, 3.63) is 72.8 Å². The van der Waals surface area contributed by atoms with Gasteiger partial charge in [-0.1, -0.05) is 0 Å². The molecule has 0 aliphatic carbocycles. The number of hydrogen-bond acceptors (Lipinski definition) is 6. The molecule has 0 aliphatic rings. The highest BCUT2D eigenvalue weighted by atomic mass is 32.2. The predicted molar refractivity (Wildman–Crippen MR) is 126 cm³/mol. The van der Waals surface area contributed by atoms with Crippen LogP contribution in [-0.4, -0.2) is 28.6 Å². The van der Waals surface area contributed by atoms with Gasteiger partial charge < -0.3 is 10.6 Å². The number of hydrogen-bond donors (Lipinski definition) is 2. The molecule has 176 valence electrons. The first kappa shape index (κ1) is 24.7. The molecule has 2 radical (unpaired) electrons. The van der Waals surface area contributed by atoms with Gasteiger partial charge in [-0.3, -0.25) is 9.59 Å². The Bertz CT molecular complexity index is 1290. The topological polar surface area (TPSA) is 155 Å². The minimum Gasteiger partial charge on any atom is -0.326 e. The molecule has 3 aromatic rings. The molecule has 2 amide bonds. The first-order valence-electron chi connectivity index (χ1n) is 9.76. The van der Waals surface area contributed by atoms with Crippen LogP contribution in [0.4, 0.5) is 22.7 Å². The monoisotopic (exact) mass is 500 g/mol. The number of carbonyl (C=O) groups is 2. The van der Waals surface area contributed by atoms with Crippen molar-refractivity contribution in [3.63, 3.8) is 0 Å². The standard InChI is InChI=1S/C22H20N4O6S2/c1-15(27)23-17-7-11-21(12-8-17)33(29,30)25-19-3-5-20(6-4-19)26-34(31,32)22-13-9-18(10-14-22)24-16(2)28/h3-14H,1-2H3,(H,23,27)(H,24,28). The van der Waals surface area contributed by atoms with Gasteiger partial charge in [0.25, 0.3) is 20.0 Å². The van der Waals surface area contributed by atoms with Crippen LogP contribution in [0.15, 0.2) is 82.6 Å². The minimum absolute atomic E-state index is 0.0688. The number of carbonyl (C=O) groups excluding carboxylic acids is 2. The summed E-state index contributed by atoms with van der Waals surface area (Å²) < 4.78 is 57.6. The number of amides is 2. The second-order valence-corrected chi connectivity index (χ2v) is 10.3. The van der Waals surface area contributed by atoms with Crippen molar-refractivity contribution in [2.24, 2.45) is 0 Å². The van der Waals surface area contributed by atoms with Crippen LogP contribution in [0, 0.1) is 0 Å². The summed E-state index contributed by atoms with van der Waals surface area (Å²) >= 11 is 0. The Kier molecular flexibility index (Phi) is 7.23. The van der Waals surface area contributed by atoms with Gasteiger partial charge in [0.2, 0.25) is 11.8 Å². The molecule has 0 fully saturated rings. The quantitative estimate of drug-likeness (QED) is 0.485. The molecule has 3 aromatic carbocycles. The van der Waals surface area contributed by atoms with Crippen molar-refractivity contribution in [3.8, 4) is 0 Å². The fourth-order valence-corrected chi connectivity index (χ4v) is 4.75. The summed E-state index contributed by atoms with van der Waals surface area (Å²) in [5.74, 6) is -0.565. The molecule has 0 spiro atoms. The predicted octanol–water partition coefficient (Wildman–Crippen LogP) is 2.85. The summed E-state index contributed by atoms with van der Waals surface area (Å²) in [7, 11) is -8.06. The minimum atomic E-state index is -4.03. The second kappa shape index (κ2) is 9.93. The van der Waals surface area contributed by atoms with Gasteiger partial charge in [-0.05, 0) is 72.8 Å². The molecule has 0 atom stereocenters. The zero-order valence-electron chi connectivity index (χ0n) is 18.1. The van der Waals surface area contributed by atoms with E-state index in [9.17, 15) is 26.4 Å². The molecule has 0 bridgehead atoms. The summed E-state index contributed by atoms with van der Waals surface area (Å²) in [6, 6.07) is 16.4. The number of sulfonamides is 2. The molecule has 34 heavy (non-hydrogen) atoms. The van der Waals surface area contributed by atoms with Crippen LogP contribution in [0.25, 0.3) is 0 Å². The first-order chi connectivity index (χ1) is 15.9. The Balaban J connectivity index is 1.68. The molecule has 0 aromatic heterocycles. The Labute approximate surface area is 197 Å². The maximum Gasteiger partial charge on any atom is 0.282 e. The van der Waals surface area contributed by atoms with Crippen molar-refractivity contribution in [2.45, 2.75) is 23.6 Å². The van der Waals surface area contributed by atoms with Gasteiger partial charge in [0, 0.05) is 25.2 Å². The lowest BCUT2D eigenvalue weighted by molar-refractivity contribution is -0.115. The molecule has 0 saturated heterocycles. The number of nitrogens with one attached hydrogen (secondary N) is 2. The molecule has 0 heterocycles. The smallest absolute Gasteiger partial charge is 0.282 e. The van der Waals surface area contributed by atoms with Crippen molar-refractivity contribution >= 4 is 54.6 Å². The average molecular weight is 501 g/mol. The molecule has 12 heteroatoms. The fraction of sp³-hybridized carbons (Fsp3) is 0.0909. The molecule has 0 unspecified atom stereocenters. The van der Waals surface area contributed by atoms with Gasteiger partial charge in [0.1, 0.15) is 0 Å². The summed E-state index contributed by atoms with van der Waals surface area (Å²) in [5.41, 5.74) is 1.07. The van der Waals surface area contributed by atoms with Crippen LogP contribution in [-0.2, 0) is 29.6 Å². The van der Waals surface area contributed by atoms with Crippen molar-refractivity contribution in [1.29, 1.82) is 0 Å². The highest BCUT2D eigenvalue weighted by molar-refractivity contribution is 7.90. The van der Waals surface area contributed by atoms with E-state index in [0.29, 0.717) is 11.4 Å². The second-order valence-electron chi connectivity index (χ2n) is 7.06. The maximum atomic E-state index is 12.5. The van der Waals surface area contributed by atoms with Crippen LogP contribution in [0.3, 0.4) is 0 Å². The Morgan fingerprint density at radius 1 is 0.559 bits per heavy atom. The number of rotatable bonds is 8. The van der Waals surface area contributed by atoms with E-state index in [1.54, 1.807) is 0 Å². The number of anilines is 2. The lowest BCUT2D eigenvalue weighted by Crippen LogP contribution is -2.13. The normalized spacial score (nSPS) is 11.4. The van der Waals surface area contributed by atoms with Crippen LogP contribution in [0.1, 0.15) is 13.8 Å². The molecular weight excluding hydrogens is 480 g/mol. The molecule has 10 nitrogen and oxygen atoms in total. The van der Waals surface area contributed by atoms with Crippen LogP contribution < -0.4 is 20.1 Å². The van der Waals surface area contributed by atoms with E-state index in [2.05, 4.69) is 20.1 Å². The number of benzene rings is 3. The molecular formula is C22H20N4O6S2. The van der Waals surface area contributed by atoms with Crippen molar-refractivity contribution in [2.75, 3.05) is 10.6 Å². The van der Waals surface area contributed by atoms with E-state index >= 15 is 0 Å². The SMILES string of the molecule is CC(=O)Nc1ccc(S(=O)(=O)[N]c2ccc([N]S(=O)(=O)c3ccc(NC(C)=O)cc3)cc2)cc1. The van der Waals surface area contributed by atoms with Gasteiger partial charge in [-0.25, -0.2) is 0 Å². The van der Waals surface area contributed by atoms with E-state index in [-0.39, 0.29) is 33.0 Å². The maximum absolute atomic E-state index is 12.5. The fourth-order valence-electron chi connectivity index (χ4n) is 2.78. The van der Waals surface area contributed by atoms with Crippen molar-refractivity contribution in [1.82, 2.24) is 9.44 Å². The summed E-state index contributed by atoms with van der Waals surface area (Å²) in [4.78, 5) is 22.0. The third-order valence-electron chi connectivity index (χ3n) is 4.25. The van der Waals surface area contributed by atoms with Gasteiger partial charge in [0.05, 0.1) is 21.2 Å². The highest BCUT2D eigenvalue weighted by Gasteiger charge is 2.19. The van der Waals surface area contributed by atoms with Crippen LogP contribution >= 0.6 is 0 Å². The average Bonchev–Trinajstić information content (AvgIpc) is 2.75. The Morgan fingerprint density at radius 2 is 0.853 bits per heavy atom. The molecule has 0 saturated carbocycles. The largest absolute Gasteiger partial charge is 0.326 e. The molecule has 0 aliphatic heterocycles. The van der Waals surface area contributed by atoms with Gasteiger partial charge in [-0.2, -0.15) is 26.3 Å². The third kappa shape index (κ3) is 6.56. The van der Waals surface area contributed by atoms with E-state index in [1.165, 1.54) is 86.6 Å². The molecule has 2 N–H and O–H groups in total. The zero-order chi connectivity index (χ0) is 24.9. The highest BCUT2D eigenvalue weighted by Crippen LogP contribution is 2.23. The molecule has 3 rings (SSSR count). The van der Waals surface area contributed by atoms with Gasteiger partial charge in [-0.15, -0.1) is 0 Å². The van der Waals surface area contributed by atoms with E-state index in [0.717, 1.165) is 0 Å². The van der Waals surface area contributed by atoms with Crippen LogP contribution in [0.5, 0.6) is 0 Å². The zero-order valence-corrected chi connectivity index (χ0v) is 19.7. The lowest BCUT2D eigenvalue weighted by atomic mass is 10.3. The summed E-state index contributed by atoms with van der Waals surface area (Å²) in [6.07, 6.45) is 0. The first-order valence-corrected chi connectivity index (χ1v) is 12.6. The van der Waals surface area contributed by atoms with E-state index in [4.69, 9.17) is 0 Å². The Hall–Kier alpha value is -3.90. The third-order valence-corrected chi connectivity index (χ3v) is 6.88. The van der Waals surface area contributed by atoms with E-state index < -0.39 is 20.0 Å². The van der Waals surface area contributed by atoms with Crippen molar-refractivity contribution < 1.29 is 26.4 Å². The van der Waals surface area contributed by atoms with E-state index in [1.807, 2.05) is 0 Å².